The summed E-state index contributed by atoms with van der Waals surface area (Å²) in [5.74, 6) is 0.864. The van der Waals surface area contributed by atoms with Gasteiger partial charge in [-0.1, -0.05) is 49.1 Å². The Labute approximate surface area is 213 Å². The second kappa shape index (κ2) is 10.3. The van der Waals surface area contributed by atoms with Crippen molar-refractivity contribution in [3.8, 4) is 22.8 Å². The van der Waals surface area contributed by atoms with Gasteiger partial charge in [0.15, 0.2) is 0 Å². The minimum Gasteiger partial charge on any atom is -0.492 e. The molecule has 5 heteroatoms. The lowest BCUT2D eigenvalue weighted by molar-refractivity contribution is -0.137. The Morgan fingerprint density at radius 1 is 1.03 bits per heavy atom. The van der Waals surface area contributed by atoms with Gasteiger partial charge >= 0.3 is 5.97 Å². The van der Waals surface area contributed by atoms with Crippen LogP contribution < -0.4 is 9.47 Å². The van der Waals surface area contributed by atoms with E-state index in [0.29, 0.717) is 30.8 Å². The highest BCUT2D eigenvalue weighted by molar-refractivity contribution is 5.72. The Morgan fingerprint density at radius 2 is 1.78 bits per heavy atom. The van der Waals surface area contributed by atoms with Gasteiger partial charge in [0.25, 0.3) is 0 Å². The van der Waals surface area contributed by atoms with Crippen LogP contribution in [-0.2, 0) is 11.4 Å². The lowest BCUT2D eigenvalue weighted by Crippen LogP contribution is -2.07. The Hall–Kier alpha value is -3.34. The molecule has 188 valence electrons. The number of aryl methyl sites for hydroxylation is 3. The van der Waals surface area contributed by atoms with E-state index >= 15 is 0 Å². The maximum atomic E-state index is 11.1. The van der Waals surface area contributed by atoms with Crippen molar-refractivity contribution in [2.45, 2.75) is 77.7 Å². The topological polar surface area (TPSA) is 68.7 Å². The molecule has 1 aromatic heterocycles. The molecule has 0 saturated heterocycles. The molecule has 1 N–H and O–H groups in total. The van der Waals surface area contributed by atoms with Crippen molar-refractivity contribution in [3.05, 3.63) is 76.0 Å². The predicted molar refractivity (Wildman–Crippen MR) is 141 cm³/mol. The molecule has 1 aliphatic carbocycles. The van der Waals surface area contributed by atoms with E-state index < -0.39 is 5.97 Å². The zero-order valence-corrected chi connectivity index (χ0v) is 21.5. The summed E-state index contributed by atoms with van der Waals surface area (Å²) in [6, 6.07) is 13.2. The summed E-state index contributed by atoms with van der Waals surface area (Å²) in [4.78, 5) is 15.5. The second-order valence-corrected chi connectivity index (χ2v) is 10.5. The molecule has 1 aliphatic heterocycles. The van der Waals surface area contributed by atoms with Crippen molar-refractivity contribution >= 4 is 5.97 Å². The lowest BCUT2D eigenvalue weighted by atomic mass is 9.81. The Balaban J connectivity index is 1.33. The Bertz CT molecular complexity index is 1250. The van der Waals surface area contributed by atoms with E-state index in [2.05, 4.69) is 56.1 Å². The molecule has 1 fully saturated rings. The van der Waals surface area contributed by atoms with Crippen molar-refractivity contribution in [2.24, 2.45) is 0 Å². The predicted octanol–water partition coefficient (Wildman–Crippen LogP) is 7.25. The number of carboxylic acids is 1. The standard InChI is InChI=1S/C31H35NO4/c1-19-9-22(17-36-29-15-28-27(16-32-29)26(18-35-28)14-30(33)34)13-25(10-19)31-20(2)11-24(12-21(31)3)23-7-5-4-6-8-23/h9-13,15-16,23,26H,4-8,14,17-18H2,1-3H3,(H,33,34)/t26-/m0/s1. The van der Waals surface area contributed by atoms with E-state index in [1.165, 1.54) is 65.5 Å². The van der Waals surface area contributed by atoms with E-state index in [4.69, 9.17) is 14.6 Å². The van der Waals surface area contributed by atoms with Crippen LogP contribution in [0.2, 0.25) is 0 Å². The van der Waals surface area contributed by atoms with Crippen LogP contribution >= 0.6 is 0 Å². The summed E-state index contributed by atoms with van der Waals surface area (Å²) in [5, 5.41) is 9.10. The van der Waals surface area contributed by atoms with Gasteiger partial charge in [-0.15, -0.1) is 0 Å². The molecule has 3 aromatic rings. The molecule has 0 bridgehead atoms. The van der Waals surface area contributed by atoms with E-state index in [1.807, 2.05) is 0 Å². The number of rotatable bonds is 7. The van der Waals surface area contributed by atoms with Gasteiger partial charge in [-0.25, -0.2) is 4.98 Å². The quantitative estimate of drug-likeness (QED) is 0.382. The number of fused-ring (bicyclic) bond motifs is 1. The second-order valence-electron chi connectivity index (χ2n) is 10.5. The van der Waals surface area contributed by atoms with Crippen LogP contribution in [0.3, 0.4) is 0 Å². The number of benzene rings is 2. The maximum absolute atomic E-state index is 11.1. The molecule has 5 nitrogen and oxygen atoms in total. The summed E-state index contributed by atoms with van der Waals surface area (Å²) in [6.45, 7) is 7.36. The van der Waals surface area contributed by atoms with Crippen LogP contribution in [0.15, 0.2) is 42.6 Å². The van der Waals surface area contributed by atoms with Crippen LogP contribution in [0.25, 0.3) is 11.1 Å². The number of nitrogens with zero attached hydrogens (tertiary/aromatic N) is 1. The van der Waals surface area contributed by atoms with Crippen LogP contribution in [-0.4, -0.2) is 22.7 Å². The van der Waals surface area contributed by atoms with Gasteiger partial charge < -0.3 is 14.6 Å². The summed E-state index contributed by atoms with van der Waals surface area (Å²) in [7, 11) is 0. The highest BCUT2D eigenvalue weighted by Gasteiger charge is 2.27. The van der Waals surface area contributed by atoms with E-state index in [-0.39, 0.29) is 12.3 Å². The summed E-state index contributed by atoms with van der Waals surface area (Å²) in [6.07, 6.45) is 8.42. The van der Waals surface area contributed by atoms with Gasteiger partial charge in [-0.3, -0.25) is 4.79 Å². The zero-order valence-electron chi connectivity index (χ0n) is 21.5. The average molecular weight is 486 g/mol. The number of carboxylic acid groups (broad SMARTS) is 1. The first-order valence-corrected chi connectivity index (χ1v) is 13.1. The summed E-state index contributed by atoms with van der Waals surface area (Å²) in [5.41, 5.74) is 9.83. The number of hydrogen-bond donors (Lipinski definition) is 1. The minimum atomic E-state index is -0.832. The van der Waals surface area contributed by atoms with Crippen LogP contribution in [0.4, 0.5) is 0 Å². The molecule has 0 amide bonds. The molecule has 0 unspecified atom stereocenters. The molecule has 0 radical (unpaired) electrons. The van der Waals surface area contributed by atoms with Gasteiger partial charge in [0.05, 0.1) is 13.0 Å². The molecule has 0 spiro atoms. The smallest absolute Gasteiger partial charge is 0.304 e. The van der Waals surface area contributed by atoms with Gasteiger partial charge in [-0.05, 0) is 79.0 Å². The fourth-order valence-electron chi connectivity index (χ4n) is 5.97. The number of pyridine rings is 1. The van der Waals surface area contributed by atoms with Crippen molar-refractivity contribution in [1.29, 1.82) is 0 Å². The number of aliphatic carboxylic acids is 1. The molecule has 36 heavy (non-hydrogen) atoms. The van der Waals surface area contributed by atoms with Crippen molar-refractivity contribution in [3.63, 3.8) is 0 Å². The fourth-order valence-corrected chi connectivity index (χ4v) is 5.97. The first-order valence-electron chi connectivity index (χ1n) is 13.1. The molecule has 2 aromatic carbocycles. The minimum absolute atomic E-state index is 0.0431. The van der Waals surface area contributed by atoms with E-state index in [0.717, 1.165) is 11.1 Å². The van der Waals surface area contributed by atoms with Crippen LogP contribution in [0, 0.1) is 20.8 Å². The van der Waals surface area contributed by atoms with Crippen LogP contribution in [0.5, 0.6) is 11.6 Å². The lowest BCUT2D eigenvalue weighted by Gasteiger charge is -2.24. The average Bonchev–Trinajstić information content (AvgIpc) is 3.24. The first kappa shape index (κ1) is 24.4. The third-order valence-electron chi connectivity index (χ3n) is 7.61. The fraction of sp³-hybridized carbons (Fsp3) is 0.419. The van der Waals surface area contributed by atoms with E-state index in [9.17, 15) is 4.79 Å². The Kier molecular flexibility index (Phi) is 6.99. The number of aromatic nitrogens is 1. The van der Waals surface area contributed by atoms with E-state index in [1.54, 1.807) is 12.3 Å². The van der Waals surface area contributed by atoms with Gasteiger partial charge in [-0.2, -0.15) is 0 Å². The first-order chi connectivity index (χ1) is 17.4. The molecule has 1 saturated carbocycles. The molecule has 1 atom stereocenters. The molecule has 2 aliphatic rings. The third-order valence-corrected chi connectivity index (χ3v) is 7.61. The number of carbonyl (C=O) groups is 1. The highest BCUT2D eigenvalue weighted by Crippen LogP contribution is 2.38. The number of ether oxygens (including phenoxy) is 2. The zero-order chi connectivity index (χ0) is 25.2. The normalized spacial score (nSPS) is 17.5. The van der Waals surface area contributed by atoms with Gasteiger partial charge in [0, 0.05) is 23.7 Å². The van der Waals surface area contributed by atoms with Crippen molar-refractivity contribution < 1.29 is 19.4 Å². The third kappa shape index (κ3) is 5.25. The summed E-state index contributed by atoms with van der Waals surface area (Å²) >= 11 is 0. The molecular weight excluding hydrogens is 450 g/mol. The molecule has 2 heterocycles. The monoisotopic (exact) mass is 485 g/mol. The molecule has 5 rings (SSSR count). The van der Waals surface area contributed by atoms with Crippen LogP contribution in [0.1, 0.15) is 83.7 Å². The molecular formula is C31H35NO4. The number of hydrogen-bond acceptors (Lipinski definition) is 4. The Morgan fingerprint density at radius 3 is 2.50 bits per heavy atom. The van der Waals surface area contributed by atoms with Crippen molar-refractivity contribution in [1.82, 2.24) is 4.98 Å². The van der Waals surface area contributed by atoms with Gasteiger partial charge in [0.2, 0.25) is 5.88 Å². The summed E-state index contributed by atoms with van der Waals surface area (Å²) < 4.78 is 11.7. The van der Waals surface area contributed by atoms with Crippen molar-refractivity contribution in [2.75, 3.05) is 6.61 Å². The van der Waals surface area contributed by atoms with Gasteiger partial charge in [0.1, 0.15) is 12.4 Å². The largest absolute Gasteiger partial charge is 0.492 e. The maximum Gasteiger partial charge on any atom is 0.304 e. The SMILES string of the molecule is Cc1cc(COc2cc3c(cn2)[C@@H](CC(=O)O)CO3)cc(-c2c(C)cc(C3CCCCC3)cc2C)c1. The highest BCUT2D eigenvalue weighted by atomic mass is 16.5.